The minimum Gasteiger partial charge on any atom is -0.618 e. The van der Waals surface area contributed by atoms with Gasteiger partial charge in [0.1, 0.15) is 0 Å². The second-order valence-electron chi connectivity index (χ2n) is 4.34. The number of hydrogen-bond acceptors (Lipinski definition) is 3. The highest BCUT2D eigenvalue weighted by molar-refractivity contribution is 5.91. The van der Waals surface area contributed by atoms with Crippen LogP contribution in [0.3, 0.4) is 0 Å². The van der Waals surface area contributed by atoms with Crippen LogP contribution in [0.2, 0.25) is 0 Å². The monoisotopic (exact) mass is 250 g/mol. The quantitative estimate of drug-likeness (QED) is 0.602. The van der Waals surface area contributed by atoms with Crippen LogP contribution in [0, 0.1) is 11.1 Å². The Morgan fingerprint density at radius 3 is 2.89 bits per heavy atom. The zero-order valence-corrected chi connectivity index (χ0v) is 9.78. The van der Waals surface area contributed by atoms with Crippen molar-refractivity contribution in [2.24, 2.45) is 5.92 Å². The van der Waals surface area contributed by atoms with Gasteiger partial charge >= 0.3 is 11.9 Å². The number of carbonyl (C=O) groups excluding carboxylic acids is 1. The van der Waals surface area contributed by atoms with E-state index in [1.165, 1.54) is 17.2 Å². The van der Waals surface area contributed by atoms with Gasteiger partial charge in [-0.2, -0.15) is 4.73 Å². The summed E-state index contributed by atoms with van der Waals surface area (Å²) in [7, 11) is 0. The van der Waals surface area contributed by atoms with Crippen molar-refractivity contribution < 1.29 is 19.4 Å². The van der Waals surface area contributed by atoms with Crippen LogP contribution in [0.15, 0.2) is 24.4 Å². The Hall–Kier alpha value is -2.11. The van der Waals surface area contributed by atoms with Crippen LogP contribution in [0.25, 0.3) is 0 Å². The first-order valence-corrected chi connectivity index (χ1v) is 5.80. The van der Waals surface area contributed by atoms with Gasteiger partial charge in [-0.15, -0.1) is 0 Å². The highest BCUT2D eigenvalue weighted by Crippen LogP contribution is 2.17. The maximum atomic E-state index is 12.1. The average molecular weight is 250 g/mol. The molecule has 0 aliphatic carbocycles. The standard InChI is InChI=1S/C12H14N2O4/c15-11(10-5-1-2-7-14(10)18)13-6-3-4-9(8-13)12(16)17/h1-2,5,7,9H,3-4,6,8H2,(H,16,17)/t9-/m0/s1. The highest BCUT2D eigenvalue weighted by atomic mass is 16.5. The van der Waals surface area contributed by atoms with Gasteiger partial charge in [0, 0.05) is 25.2 Å². The molecule has 1 atom stereocenters. The minimum absolute atomic E-state index is 0.0311. The third kappa shape index (κ3) is 2.42. The molecular formula is C12H14N2O4. The maximum absolute atomic E-state index is 12.1. The summed E-state index contributed by atoms with van der Waals surface area (Å²) in [6.07, 6.45) is 2.48. The SMILES string of the molecule is O=C(O)[C@H]1CCCN(C(=O)c2cccc[n+]2[O-])C1. The number of hydrogen-bond donors (Lipinski definition) is 1. The molecule has 0 saturated carbocycles. The predicted octanol–water partition coefficient (Wildman–Crippen LogP) is 0.257. The molecule has 1 amide bonds. The Balaban J connectivity index is 2.14. The number of amides is 1. The Kier molecular flexibility index (Phi) is 3.45. The summed E-state index contributed by atoms with van der Waals surface area (Å²) in [5.41, 5.74) is 0.0311. The molecule has 18 heavy (non-hydrogen) atoms. The van der Waals surface area contributed by atoms with Crippen molar-refractivity contribution in [3.63, 3.8) is 0 Å². The van der Waals surface area contributed by atoms with E-state index < -0.39 is 17.8 Å². The number of aromatic nitrogens is 1. The molecule has 1 aromatic heterocycles. The molecule has 0 aromatic carbocycles. The normalized spacial score (nSPS) is 19.6. The smallest absolute Gasteiger partial charge is 0.319 e. The summed E-state index contributed by atoms with van der Waals surface area (Å²) in [5.74, 6) is -1.83. The van der Waals surface area contributed by atoms with Crippen molar-refractivity contribution in [2.45, 2.75) is 12.8 Å². The van der Waals surface area contributed by atoms with Gasteiger partial charge in [-0.3, -0.25) is 9.59 Å². The number of carboxylic acid groups (broad SMARTS) is 1. The van der Waals surface area contributed by atoms with Crippen LogP contribution < -0.4 is 4.73 Å². The Morgan fingerprint density at radius 1 is 1.44 bits per heavy atom. The molecule has 0 spiro atoms. The summed E-state index contributed by atoms with van der Waals surface area (Å²) in [5, 5.41) is 20.4. The second-order valence-corrected chi connectivity index (χ2v) is 4.34. The average Bonchev–Trinajstić information content (AvgIpc) is 2.38. The fraction of sp³-hybridized carbons (Fsp3) is 0.417. The van der Waals surface area contributed by atoms with E-state index in [4.69, 9.17) is 5.11 Å². The molecule has 1 saturated heterocycles. The molecule has 0 bridgehead atoms. The molecule has 1 aliphatic rings. The van der Waals surface area contributed by atoms with E-state index in [0.717, 1.165) is 0 Å². The summed E-state index contributed by atoms with van der Waals surface area (Å²) in [4.78, 5) is 24.5. The molecule has 1 aromatic rings. The first-order chi connectivity index (χ1) is 8.59. The zero-order valence-electron chi connectivity index (χ0n) is 9.78. The molecule has 1 aliphatic heterocycles. The van der Waals surface area contributed by atoms with Gasteiger partial charge in [-0.25, -0.2) is 0 Å². The van der Waals surface area contributed by atoms with Gasteiger partial charge in [0.05, 0.1) is 5.92 Å². The second kappa shape index (κ2) is 5.03. The van der Waals surface area contributed by atoms with E-state index >= 15 is 0 Å². The third-order valence-corrected chi connectivity index (χ3v) is 3.10. The molecule has 2 rings (SSSR count). The lowest BCUT2D eigenvalue weighted by atomic mass is 9.98. The van der Waals surface area contributed by atoms with Crippen LogP contribution in [0.4, 0.5) is 0 Å². The Bertz CT molecular complexity index is 475. The van der Waals surface area contributed by atoms with Crippen LogP contribution >= 0.6 is 0 Å². The summed E-state index contributed by atoms with van der Waals surface area (Å²) in [6, 6.07) is 4.60. The molecule has 96 valence electrons. The van der Waals surface area contributed by atoms with E-state index in [1.807, 2.05) is 0 Å². The number of piperidine rings is 1. The van der Waals surface area contributed by atoms with Crippen molar-refractivity contribution in [3.05, 3.63) is 35.3 Å². The molecule has 1 N–H and O–H groups in total. The fourth-order valence-electron chi connectivity index (χ4n) is 2.12. The topological polar surface area (TPSA) is 84.5 Å². The van der Waals surface area contributed by atoms with Crippen molar-refractivity contribution in [1.82, 2.24) is 4.90 Å². The molecule has 0 unspecified atom stereocenters. The van der Waals surface area contributed by atoms with Gasteiger partial charge in [0.25, 0.3) is 5.69 Å². The molecular weight excluding hydrogens is 236 g/mol. The number of nitrogens with zero attached hydrogens (tertiary/aromatic N) is 2. The van der Waals surface area contributed by atoms with E-state index in [2.05, 4.69) is 0 Å². The first-order valence-electron chi connectivity index (χ1n) is 5.80. The molecule has 2 heterocycles. The molecule has 6 heteroatoms. The first kappa shape index (κ1) is 12.3. The summed E-state index contributed by atoms with van der Waals surface area (Å²) >= 11 is 0. The molecule has 0 radical (unpaired) electrons. The largest absolute Gasteiger partial charge is 0.618 e. The van der Waals surface area contributed by atoms with Crippen LogP contribution in [0.1, 0.15) is 23.3 Å². The van der Waals surface area contributed by atoms with Crippen molar-refractivity contribution in [3.8, 4) is 0 Å². The van der Waals surface area contributed by atoms with Crippen LogP contribution in [-0.4, -0.2) is 35.0 Å². The number of aliphatic carboxylic acids is 1. The number of rotatable bonds is 2. The van der Waals surface area contributed by atoms with Crippen LogP contribution in [0.5, 0.6) is 0 Å². The highest BCUT2D eigenvalue weighted by Gasteiger charge is 2.31. The number of likely N-dealkylation sites (tertiary alicyclic amines) is 1. The number of pyridine rings is 1. The Morgan fingerprint density at radius 2 is 2.22 bits per heavy atom. The van der Waals surface area contributed by atoms with Crippen molar-refractivity contribution >= 4 is 11.9 Å². The summed E-state index contributed by atoms with van der Waals surface area (Å²) in [6.45, 7) is 0.667. The van der Waals surface area contributed by atoms with E-state index in [-0.39, 0.29) is 12.2 Å². The minimum atomic E-state index is -0.893. The predicted molar refractivity (Wildman–Crippen MR) is 61.7 cm³/mol. The lowest BCUT2D eigenvalue weighted by Gasteiger charge is -2.29. The lowest BCUT2D eigenvalue weighted by Crippen LogP contribution is -2.46. The van der Waals surface area contributed by atoms with Crippen LogP contribution in [-0.2, 0) is 4.79 Å². The molecule has 1 fully saturated rings. The number of carboxylic acids is 1. The fourth-order valence-corrected chi connectivity index (χ4v) is 2.12. The summed E-state index contributed by atoms with van der Waals surface area (Å²) < 4.78 is 0.507. The van der Waals surface area contributed by atoms with Gasteiger partial charge in [0.2, 0.25) is 0 Å². The van der Waals surface area contributed by atoms with Crippen molar-refractivity contribution in [2.75, 3.05) is 13.1 Å². The van der Waals surface area contributed by atoms with E-state index in [0.29, 0.717) is 24.1 Å². The van der Waals surface area contributed by atoms with E-state index in [1.54, 1.807) is 12.1 Å². The van der Waals surface area contributed by atoms with Gasteiger partial charge in [0.15, 0.2) is 6.20 Å². The van der Waals surface area contributed by atoms with E-state index in [9.17, 15) is 14.8 Å². The zero-order chi connectivity index (χ0) is 13.1. The lowest BCUT2D eigenvalue weighted by molar-refractivity contribution is -0.608. The number of carbonyl (C=O) groups is 2. The van der Waals surface area contributed by atoms with Gasteiger partial charge in [-0.1, -0.05) is 0 Å². The maximum Gasteiger partial charge on any atom is 0.319 e. The van der Waals surface area contributed by atoms with Crippen molar-refractivity contribution in [1.29, 1.82) is 0 Å². The Labute approximate surface area is 104 Å². The van der Waals surface area contributed by atoms with Gasteiger partial charge in [-0.05, 0) is 18.9 Å². The van der Waals surface area contributed by atoms with Gasteiger partial charge < -0.3 is 15.2 Å². The molecule has 6 nitrogen and oxygen atoms in total. The third-order valence-electron chi connectivity index (χ3n) is 3.10.